The highest BCUT2D eigenvalue weighted by Crippen LogP contribution is 2.56. The van der Waals surface area contributed by atoms with Crippen molar-refractivity contribution in [3.63, 3.8) is 0 Å². The van der Waals surface area contributed by atoms with Gasteiger partial charge in [-0.1, -0.05) is 49.9 Å². The lowest BCUT2D eigenvalue weighted by atomic mass is 9.73. The van der Waals surface area contributed by atoms with Crippen LogP contribution in [0.2, 0.25) is 0 Å². The number of hydrogen-bond donors (Lipinski definition) is 0. The lowest BCUT2D eigenvalue weighted by Gasteiger charge is -2.38. The first kappa shape index (κ1) is 37.6. The first-order chi connectivity index (χ1) is 22.7. The van der Waals surface area contributed by atoms with E-state index >= 15 is 0 Å². The van der Waals surface area contributed by atoms with Crippen LogP contribution in [0.3, 0.4) is 0 Å². The summed E-state index contributed by atoms with van der Waals surface area (Å²) in [6.45, 7) is 5.66. The number of ether oxygens (including phenoxy) is 4. The van der Waals surface area contributed by atoms with Crippen molar-refractivity contribution >= 4 is 17.9 Å². The molecule has 0 bridgehead atoms. The highest BCUT2D eigenvalue weighted by atomic mass is 19.4. The maximum atomic E-state index is 14.5. The van der Waals surface area contributed by atoms with Gasteiger partial charge in [0.2, 0.25) is 5.41 Å². The van der Waals surface area contributed by atoms with E-state index in [1.807, 2.05) is 0 Å². The molecule has 0 saturated heterocycles. The maximum absolute atomic E-state index is 14.5. The van der Waals surface area contributed by atoms with Crippen molar-refractivity contribution in [2.75, 3.05) is 13.2 Å². The number of alkyl halides is 6. The minimum Gasteiger partial charge on any atom is -0.494 e. The zero-order chi connectivity index (χ0) is 35.4. The Kier molecular flexibility index (Phi) is 13.2. The Balaban J connectivity index is 1.63. The van der Waals surface area contributed by atoms with Crippen molar-refractivity contribution in [2.24, 2.45) is 0 Å². The summed E-state index contributed by atoms with van der Waals surface area (Å²) in [5.41, 5.74) is -5.94. The van der Waals surface area contributed by atoms with Gasteiger partial charge in [0.25, 0.3) is 0 Å². The summed E-state index contributed by atoms with van der Waals surface area (Å²) < 4.78 is 107. The monoisotopic (exact) mass is 680 g/mol. The van der Waals surface area contributed by atoms with E-state index in [1.54, 1.807) is 31.2 Å². The molecule has 258 valence electrons. The highest BCUT2D eigenvalue weighted by Gasteiger charge is 2.72. The second kappa shape index (κ2) is 16.8. The molecule has 0 aliphatic rings. The fourth-order valence-corrected chi connectivity index (χ4v) is 4.72. The number of unbranched alkanes of at least 4 members (excludes halogenated alkanes) is 1. The Morgan fingerprint density at radius 3 is 1.58 bits per heavy atom. The molecule has 0 fully saturated rings. The van der Waals surface area contributed by atoms with Gasteiger partial charge < -0.3 is 18.9 Å². The molecule has 0 spiro atoms. The van der Waals surface area contributed by atoms with E-state index in [-0.39, 0.29) is 37.4 Å². The van der Waals surface area contributed by atoms with Crippen molar-refractivity contribution in [2.45, 2.75) is 63.2 Å². The zero-order valence-electron chi connectivity index (χ0n) is 26.0. The number of aryl methyl sites for hydroxylation is 1. The van der Waals surface area contributed by atoms with Crippen LogP contribution in [0.1, 0.15) is 55.7 Å². The maximum Gasteiger partial charge on any atom is 0.411 e. The van der Waals surface area contributed by atoms with E-state index < -0.39 is 46.8 Å². The number of rotatable bonds is 16. The summed E-state index contributed by atoms with van der Waals surface area (Å²) in [5.74, 6) is -1.75. The molecule has 13 heteroatoms. The fraction of sp³-hybridized carbons (Fsp3) is 0.343. The number of halogens is 6. The predicted octanol–water partition coefficient (Wildman–Crippen LogP) is 8.23. The molecule has 0 aliphatic carbocycles. The van der Waals surface area contributed by atoms with Crippen LogP contribution in [0, 0.1) is 0 Å². The van der Waals surface area contributed by atoms with Crippen molar-refractivity contribution in [3.05, 3.63) is 102 Å². The van der Waals surface area contributed by atoms with E-state index in [2.05, 4.69) is 6.58 Å². The minimum absolute atomic E-state index is 0.0253. The lowest BCUT2D eigenvalue weighted by molar-refractivity contribution is -0.288. The van der Waals surface area contributed by atoms with Gasteiger partial charge in [-0.15, -0.1) is 0 Å². The van der Waals surface area contributed by atoms with Gasteiger partial charge in [0, 0.05) is 18.9 Å². The molecule has 3 aromatic carbocycles. The summed E-state index contributed by atoms with van der Waals surface area (Å²) in [5, 5.41) is 0. The second-order valence-corrected chi connectivity index (χ2v) is 10.6. The van der Waals surface area contributed by atoms with Crippen molar-refractivity contribution in [3.8, 4) is 17.2 Å². The average molecular weight is 681 g/mol. The van der Waals surface area contributed by atoms with Gasteiger partial charge in [-0.25, -0.2) is 4.79 Å². The summed E-state index contributed by atoms with van der Waals surface area (Å²) >= 11 is 0. The van der Waals surface area contributed by atoms with Crippen molar-refractivity contribution < 1.29 is 59.7 Å². The Morgan fingerprint density at radius 1 is 0.667 bits per heavy atom. The third-order valence-corrected chi connectivity index (χ3v) is 7.10. The van der Waals surface area contributed by atoms with Crippen LogP contribution in [0.5, 0.6) is 17.2 Å². The van der Waals surface area contributed by atoms with Crippen LogP contribution < -0.4 is 14.2 Å². The van der Waals surface area contributed by atoms with Crippen LogP contribution in [0.4, 0.5) is 26.3 Å². The van der Waals surface area contributed by atoms with Crippen LogP contribution in [-0.2, 0) is 31.0 Å². The molecule has 3 rings (SSSR count). The topological polar surface area (TPSA) is 88.1 Å². The Morgan fingerprint density at radius 2 is 1.12 bits per heavy atom. The number of benzene rings is 3. The first-order valence-electron chi connectivity index (χ1n) is 15.0. The van der Waals surface area contributed by atoms with E-state index in [0.717, 1.165) is 35.9 Å². The standard InChI is InChI=1S/C35H34F6O7/c1-3-7-31(43)47-28-17-11-25(12-18-28)33(34(36,37)38,35(39,40)41)26-13-19-29(20-14-26)48-32(44)21-10-24-8-15-27(16-9-24)45-22-5-6-23-46-30(42)4-2/h4,8-9,11-20H,2-3,5-7,10,21-23H2,1H3. The predicted molar refractivity (Wildman–Crippen MR) is 163 cm³/mol. The van der Waals surface area contributed by atoms with Gasteiger partial charge >= 0.3 is 30.3 Å². The molecule has 3 aromatic rings. The van der Waals surface area contributed by atoms with Crippen molar-refractivity contribution in [1.29, 1.82) is 0 Å². The quantitative estimate of drug-likeness (QED) is 0.0495. The molecule has 0 unspecified atom stereocenters. The van der Waals surface area contributed by atoms with Gasteiger partial charge in [0.1, 0.15) is 17.2 Å². The summed E-state index contributed by atoms with van der Waals surface area (Å²) in [7, 11) is 0. The number of carbonyl (C=O) groups excluding carboxylic acids is 3. The molecule has 0 heterocycles. The molecule has 48 heavy (non-hydrogen) atoms. The smallest absolute Gasteiger partial charge is 0.411 e. The molecular weight excluding hydrogens is 646 g/mol. The van der Waals surface area contributed by atoms with Gasteiger partial charge in [-0.3, -0.25) is 9.59 Å². The third-order valence-electron chi connectivity index (χ3n) is 7.10. The van der Waals surface area contributed by atoms with Gasteiger partial charge in [-0.05, 0) is 78.8 Å². The molecule has 7 nitrogen and oxygen atoms in total. The molecule has 0 atom stereocenters. The molecule has 0 N–H and O–H groups in total. The summed E-state index contributed by atoms with van der Waals surface area (Å²) in [6.07, 6.45) is -8.70. The van der Waals surface area contributed by atoms with Gasteiger partial charge in [0.05, 0.1) is 13.2 Å². The van der Waals surface area contributed by atoms with E-state index in [9.17, 15) is 40.7 Å². The number of carbonyl (C=O) groups is 3. The molecule has 0 aromatic heterocycles. The molecular formula is C35H34F6O7. The molecule has 0 amide bonds. The van der Waals surface area contributed by atoms with E-state index in [4.69, 9.17) is 18.9 Å². The second-order valence-electron chi connectivity index (χ2n) is 10.6. The Bertz CT molecular complexity index is 1500. The number of hydrogen-bond acceptors (Lipinski definition) is 7. The Hall–Kier alpha value is -4.81. The largest absolute Gasteiger partial charge is 0.494 e. The van der Waals surface area contributed by atoms with Gasteiger partial charge in [-0.2, -0.15) is 26.3 Å². The first-order valence-corrected chi connectivity index (χ1v) is 15.0. The SMILES string of the molecule is C=CC(=O)OCCCCOc1ccc(CCC(=O)Oc2ccc(C(c3ccc(OC(=O)CCC)cc3)(C(F)(F)F)C(F)(F)F)cc2)cc1. The van der Waals surface area contributed by atoms with Crippen LogP contribution in [0.25, 0.3) is 0 Å². The normalized spacial score (nSPS) is 11.8. The highest BCUT2D eigenvalue weighted by molar-refractivity contribution is 5.81. The molecule has 0 saturated carbocycles. The zero-order valence-corrected chi connectivity index (χ0v) is 26.0. The van der Waals surface area contributed by atoms with Crippen LogP contribution >= 0.6 is 0 Å². The van der Waals surface area contributed by atoms with Crippen molar-refractivity contribution in [1.82, 2.24) is 0 Å². The Labute approximate surface area is 273 Å². The van der Waals surface area contributed by atoms with E-state index in [1.165, 1.54) is 0 Å². The van der Waals surface area contributed by atoms with E-state index in [0.29, 0.717) is 55.9 Å². The lowest BCUT2D eigenvalue weighted by Crippen LogP contribution is -2.54. The summed E-state index contributed by atoms with van der Waals surface area (Å²) in [6, 6.07) is 12.8. The van der Waals surface area contributed by atoms with Crippen LogP contribution in [-0.4, -0.2) is 43.5 Å². The van der Waals surface area contributed by atoms with Crippen LogP contribution in [0.15, 0.2) is 85.5 Å². The fourth-order valence-electron chi connectivity index (χ4n) is 4.72. The van der Waals surface area contributed by atoms with Gasteiger partial charge in [0.15, 0.2) is 0 Å². The third kappa shape index (κ3) is 9.85. The molecule has 0 aliphatic heterocycles. The summed E-state index contributed by atoms with van der Waals surface area (Å²) in [4.78, 5) is 35.1. The molecule has 0 radical (unpaired) electrons. The minimum atomic E-state index is -5.83. The number of esters is 3. The average Bonchev–Trinajstić information content (AvgIpc) is 3.02.